The van der Waals surface area contributed by atoms with Crippen LogP contribution in [-0.2, 0) is 21.2 Å². The van der Waals surface area contributed by atoms with Crippen LogP contribution in [0.3, 0.4) is 0 Å². The number of rotatable bonds is 6. The molecule has 0 bridgehead atoms. The van der Waals surface area contributed by atoms with Crippen molar-refractivity contribution >= 4 is 26.8 Å². The van der Waals surface area contributed by atoms with Crippen LogP contribution in [0.15, 0.2) is 77.7 Å². The molecule has 0 aromatic heterocycles. The number of sulfonamides is 1. The molecule has 0 saturated heterocycles. The number of aliphatic carboxylic acids is 1. The molecule has 5 nitrogen and oxygen atoms in total. The fourth-order valence-electron chi connectivity index (χ4n) is 2.62. The minimum Gasteiger partial charge on any atom is -0.480 e. The molecule has 0 aliphatic heterocycles. The Kier molecular flexibility index (Phi) is 4.83. The Balaban J connectivity index is 1.87. The summed E-state index contributed by atoms with van der Waals surface area (Å²) in [6.07, 6.45) is 0.0724. The minimum absolute atomic E-state index is 0.0468. The van der Waals surface area contributed by atoms with Crippen LogP contribution in [0.25, 0.3) is 10.8 Å². The van der Waals surface area contributed by atoms with Crippen LogP contribution in [0.5, 0.6) is 0 Å². The Morgan fingerprint density at radius 1 is 0.920 bits per heavy atom. The van der Waals surface area contributed by atoms with Gasteiger partial charge >= 0.3 is 5.97 Å². The lowest BCUT2D eigenvalue weighted by Crippen LogP contribution is -2.42. The lowest BCUT2D eigenvalue weighted by atomic mass is 10.1. The largest absolute Gasteiger partial charge is 0.480 e. The molecular weight excluding hydrogens is 338 g/mol. The van der Waals surface area contributed by atoms with Gasteiger partial charge in [0.05, 0.1) is 4.90 Å². The van der Waals surface area contributed by atoms with Crippen LogP contribution in [0.1, 0.15) is 5.56 Å². The Morgan fingerprint density at radius 3 is 2.24 bits per heavy atom. The zero-order valence-electron chi connectivity index (χ0n) is 13.3. The Morgan fingerprint density at radius 2 is 1.56 bits per heavy atom. The first-order chi connectivity index (χ1) is 12.0. The van der Waals surface area contributed by atoms with Gasteiger partial charge in [0.25, 0.3) is 0 Å². The van der Waals surface area contributed by atoms with Crippen LogP contribution < -0.4 is 4.72 Å². The average Bonchev–Trinajstić information content (AvgIpc) is 2.61. The summed E-state index contributed by atoms with van der Waals surface area (Å²) in [5, 5.41) is 11.1. The second kappa shape index (κ2) is 7.04. The van der Waals surface area contributed by atoms with E-state index < -0.39 is 22.0 Å². The smallest absolute Gasteiger partial charge is 0.322 e. The van der Waals surface area contributed by atoms with Crippen molar-refractivity contribution in [3.05, 3.63) is 78.4 Å². The summed E-state index contributed by atoms with van der Waals surface area (Å²) >= 11 is 0. The molecule has 6 heteroatoms. The fourth-order valence-corrected chi connectivity index (χ4v) is 3.84. The third-order valence-corrected chi connectivity index (χ3v) is 5.38. The molecule has 0 unspecified atom stereocenters. The summed E-state index contributed by atoms with van der Waals surface area (Å²) in [7, 11) is -3.95. The Hall–Kier alpha value is -2.70. The molecule has 0 aliphatic carbocycles. The molecule has 0 fully saturated rings. The summed E-state index contributed by atoms with van der Waals surface area (Å²) in [6.45, 7) is 0. The van der Waals surface area contributed by atoms with Gasteiger partial charge in [0.15, 0.2) is 0 Å². The van der Waals surface area contributed by atoms with Crippen LogP contribution >= 0.6 is 0 Å². The van der Waals surface area contributed by atoms with Crippen molar-refractivity contribution < 1.29 is 18.3 Å². The van der Waals surface area contributed by atoms with E-state index in [0.29, 0.717) is 0 Å². The summed E-state index contributed by atoms with van der Waals surface area (Å²) in [5.41, 5.74) is 0.746. The zero-order chi connectivity index (χ0) is 17.9. The van der Waals surface area contributed by atoms with Crippen molar-refractivity contribution in [2.75, 3.05) is 0 Å². The highest BCUT2D eigenvalue weighted by molar-refractivity contribution is 7.89. The van der Waals surface area contributed by atoms with Crippen LogP contribution in [0.4, 0.5) is 0 Å². The van der Waals surface area contributed by atoms with Crippen molar-refractivity contribution in [3.8, 4) is 0 Å². The molecule has 3 aromatic carbocycles. The lowest BCUT2D eigenvalue weighted by molar-refractivity contribution is -0.138. The van der Waals surface area contributed by atoms with E-state index in [0.717, 1.165) is 16.3 Å². The molecule has 0 amide bonds. The molecule has 0 aliphatic rings. The molecule has 0 radical (unpaired) electrons. The topological polar surface area (TPSA) is 83.5 Å². The molecule has 2 N–H and O–H groups in total. The maximum absolute atomic E-state index is 12.6. The van der Waals surface area contributed by atoms with Crippen molar-refractivity contribution in [1.82, 2.24) is 4.72 Å². The van der Waals surface area contributed by atoms with E-state index in [2.05, 4.69) is 4.72 Å². The second-order valence-electron chi connectivity index (χ2n) is 5.71. The van der Waals surface area contributed by atoms with E-state index in [9.17, 15) is 18.3 Å². The summed E-state index contributed by atoms with van der Waals surface area (Å²) in [4.78, 5) is 11.5. The van der Waals surface area contributed by atoms with Gasteiger partial charge in [-0.15, -0.1) is 0 Å². The minimum atomic E-state index is -3.95. The molecule has 1 atom stereocenters. The van der Waals surface area contributed by atoms with Gasteiger partial charge in [-0.1, -0.05) is 60.7 Å². The molecule has 25 heavy (non-hydrogen) atoms. The SMILES string of the molecule is O=C(O)[C@H](Cc1ccccc1)NS(=O)(=O)c1ccc2ccccc2c1. The average molecular weight is 355 g/mol. The Bertz CT molecular complexity index is 1000. The number of carboxylic acid groups (broad SMARTS) is 1. The van der Waals surface area contributed by atoms with Crippen molar-refractivity contribution in [3.63, 3.8) is 0 Å². The lowest BCUT2D eigenvalue weighted by Gasteiger charge is -2.15. The van der Waals surface area contributed by atoms with E-state index in [4.69, 9.17) is 0 Å². The van der Waals surface area contributed by atoms with E-state index in [1.54, 1.807) is 36.4 Å². The number of nitrogens with one attached hydrogen (secondary N) is 1. The fraction of sp³-hybridized carbons (Fsp3) is 0.105. The van der Waals surface area contributed by atoms with E-state index in [-0.39, 0.29) is 11.3 Å². The Labute approximate surface area is 146 Å². The number of carboxylic acids is 1. The summed E-state index contributed by atoms with van der Waals surface area (Å²) in [6, 6.07) is 19.8. The summed E-state index contributed by atoms with van der Waals surface area (Å²) < 4.78 is 27.5. The zero-order valence-corrected chi connectivity index (χ0v) is 14.1. The predicted octanol–water partition coefficient (Wildman–Crippen LogP) is 2.81. The molecular formula is C19H17NO4S. The highest BCUT2D eigenvalue weighted by Gasteiger charge is 2.25. The first-order valence-corrected chi connectivity index (χ1v) is 9.22. The first-order valence-electron chi connectivity index (χ1n) is 7.73. The van der Waals surface area contributed by atoms with Crippen molar-refractivity contribution in [1.29, 1.82) is 0 Å². The van der Waals surface area contributed by atoms with E-state index in [1.807, 2.05) is 30.3 Å². The maximum atomic E-state index is 12.6. The quantitative estimate of drug-likeness (QED) is 0.712. The third-order valence-electron chi connectivity index (χ3n) is 3.91. The van der Waals surface area contributed by atoms with Gasteiger partial charge < -0.3 is 5.11 Å². The van der Waals surface area contributed by atoms with Crippen LogP contribution in [0, 0.1) is 0 Å². The van der Waals surface area contributed by atoms with Gasteiger partial charge in [0, 0.05) is 0 Å². The maximum Gasteiger partial charge on any atom is 0.322 e. The van der Waals surface area contributed by atoms with Crippen molar-refractivity contribution in [2.24, 2.45) is 0 Å². The number of hydrogen-bond acceptors (Lipinski definition) is 3. The highest BCUT2D eigenvalue weighted by Crippen LogP contribution is 2.19. The van der Waals surface area contributed by atoms with Gasteiger partial charge in [-0.25, -0.2) is 8.42 Å². The third kappa shape index (κ3) is 4.04. The van der Waals surface area contributed by atoms with E-state index >= 15 is 0 Å². The van der Waals surface area contributed by atoms with Crippen molar-refractivity contribution in [2.45, 2.75) is 17.4 Å². The number of fused-ring (bicyclic) bond motifs is 1. The molecule has 3 aromatic rings. The first kappa shape index (κ1) is 17.1. The van der Waals surface area contributed by atoms with Crippen LogP contribution in [0.2, 0.25) is 0 Å². The van der Waals surface area contributed by atoms with Gasteiger partial charge in [-0.05, 0) is 34.9 Å². The monoisotopic (exact) mass is 355 g/mol. The molecule has 0 heterocycles. The van der Waals surface area contributed by atoms with Gasteiger partial charge in [-0.3, -0.25) is 4.79 Å². The number of carbonyl (C=O) groups is 1. The van der Waals surface area contributed by atoms with Gasteiger partial charge in [0.1, 0.15) is 6.04 Å². The molecule has 3 rings (SSSR count). The number of benzene rings is 3. The van der Waals surface area contributed by atoms with E-state index in [1.165, 1.54) is 6.07 Å². The normalized spacial score (nSPS) is 12.8. The molecule has 128 valence electrons. The molecule has 0 spiro atoms. The second-order valence-corrected chi connectivity index (χ2v) is 7.42. The van der Waals surface area contributed by atoms with Gasteiger partial charge in [-0.2, -0.15) is 4.72 Å². The predicted molar refractivity (Wildman–Crippen MR) is 95.8 cm³/mol. The molecule has 0 saturated carbocycles. The van der Waals surface area contributed by atoms with Gasteiger partial charge in [0.2, 0.25) is 10.0 Å². The summed E-state index contributed by atoms with van der Waals surface area (Å²) in [5.74, 6) is -1.21. The van der Waals surface area contributed by atoms with Crippen LogP contribution in [-0.4, -0.2) is 25.5 Å². The standard InChI is InChI=1S/C19H17NO4S/c21-19(22)18(12-14-6-2-1-3-7-14)20-25(23,24)17-11-10-15-8-4-5-9-16(15)13-17/h1-11,13,18,20H,12H2,(H,21,22)/t18-/m0/s1. The number of hydrogen-bond donors (Lipinski definition) is 2. The highest BCUT2D eigenvalue weighted by atomic mass is 32.2.